The van der Waals surface area contributed by atoms with Crippen LogP contribution in [-0.2, 0) is 0 Å². The summed E-state index contributed by atoms with van der Waals surface area (Å²) in [6, 6.07) is 6.67. The molecule has 4 heteroatoms. The van der Waals surface area contributed by atoms with Gasteiger partial charge in [0.1, 0.15) is 5.82 Å². The minimum absolute atomic E-state index is 0.296. The van der Waals surface area contributed by atoms with Crippen LogP contribution < -0.4 is 0 Å². The van der Waals surface area contributed by atoms with E-state index in [9.17, 15) is 4.39 Å². The van der Waals surface area contributed by atoms with Gasteiger partial charge in [-0.15, -0.1) is 22.9 Å². The van der Waals surface area contributed by atoms with Crippen LogP contribution in [0.4, 0.5) is 4.39 Å². The van der Waals surface area contributed by atoms with Crippen LogP contribution in [0.15, 0.2) is 29.6 Å². The summed E-state index contributed by atoms with van der Waals surface area (Å²) >= 11 is 13.7. The molecule has 0 amide bonds. The molecule has 0 N–H and O–H groups in total. The molecular formula is C12H9Cl2FS. The van der Waals surface area contributed by atoms with Crippen molar-refractivity contribution in [3.8, 4) is 0 Å². The molecule has 2 aromatic rings. The van der Waals surface area contributed by atoms with Gasteiger partial charge < -0.3 is 0 Å². The quantitative estimate of drug-likeness (QED) is 0.663. The third-order valence-corrected chi connectivity index (χ3v) is 4.31. The van der Waals surface area contributed by atoms with Gasteiger partial charge in [-0.2, -0.15) is 0 Å². The lowest BCUT2D eigenvalue weighted by atomic mass is 10.1. The molecule has 16 heavy (non-hydrogen) atoms. The molecule has 0 saturated carbocycles. The molecule has 1 heterocycles. The Morgan fingerprint density at radius 2 is 2.06 bits per heavy atom. The molecule has 2 rings (SSSR count). The van der Waals surface area contributed by atoms with E-state index in [1.165, 1.54) is 17.4 Å². The predicted octanol–water partition coefficient (Wildman–Crippen LogP) is 5.18. The van der Waals surface area contributed by atoms with E-state index >= 15 is 0 Å². The van der Waals surface area contributed by atoms with Gasteiger partial charge >= 0.3 is 0 Å². The second kappa shape index (κ2) is 4.74. The average molecular weight is 275 g/mol. The highest BCUT2D eigenvalue weighted by molar-refractivity contribution is 7.11. The molecule has 0 saturated heterocycles. The Labute approximate surface area is 108 Å². The first-order valence-electron chi connectivity index (χ1n) is 4.72. The van der Waals surface area contributed by atoms with E-state index in [0.29, 0.717) is 10.6 Å². The molecule has 0 aliphatic heterocycles. The summed E-state index contributed by atoms with van der Waals surface area (Å²) in [4.78, 5) is 0.785. The monoisotopic (exact) mass is 274 g/mol. The third-order valence-electron chi connectivity index (χ3n) is 2.30. The van der Waals surface area contributed by atoms with Crippen LogP contribution in [0.1, 0.15) is 21.4 Å². The zero-order valence-electron chi connectivity index (χ0n) is 8.51. The fraction of sp³-hybridized carbons (Fsp3) is 0.167. The Morgan fingerprint density at radius 1 is 1.31 bits per heavy atom. The molecule has 0 aliphatic rings. The van der Waals surface area contributed by atoms with Crippen LogP contribution in [0, 0.1) is 12.7 Å². The minimum atomic E-state index is -0.521. The minimum Gasteiger partial charge on any atom is -0.207 e. The first kappa shape index (κ1) is 11.9. The van der Waals surface area contributed by atoms with Crippen molar-refractivity contribution in [2.24, 2.45) is 0 Å². The second-order valence-electron chi connectivity index (χ2n) is 3.52. The van der Waals surface area contributed by atoms with Crippen molar-refractivity contribution in [1.29, 1.82) is 0 Å². The summed E-state index contributed by atoms with van der Waals surface area (Å²) in [5.41, 5.74) is 1.46. The molecule has 1 aromatic carbocycles. The maximum absolute atomic E-state index is 13.6. The Morgan fingerprint density at radius 3 is 2.69 bits per heavy atom. The molecule has 84 valence electrons. The largest absolute Gasteiger partial charge is 0.207 e. The SMILES string of the molecule is Cc1ccc(F)c(C(Cl)c2sccc2Cl)c1. The van der Waals surface area contributed by atoms with E-state index in [4.69, 9.17) is 23.2 Å². The van der Waals surface area contributed by atoms with E-state index in [1.807, 2.05) is 12.3 Å². The molecule has 1 unspecified atom stereocenters. The number of halogens is 3. The average Bonchev–Trinajstić information content (AvgIpc) is 2.67. The van der Waals surface area contributed by atoms with Crippen molar-refractivity contribution in [2.45, 2.75) is 12.3 Å². The van der Waals surface area contributed by atoms with Crippen molar-refractivity contribution in [3.63, 3.8) is 0 Å². The molecular weight excluding hydrogens is 266 g/mol. The van der Waals surface area contributed by atoms with Crippen LogP contribution in [0.2, 0.25) is 5.02 Å². The zero-order valence-corrected chi connectivity index (χ0v) is 10.8. The van der Waals surface area contributed by atoms with Crippen molar-refractivity contribution in [3.05, 3.63) is 56.5 Å². The van der Waals surface area contributed by atoms with Crippen LogP contribution >= 0.6 is 34.5 Å². The Bertz CT molecular complexity index is 507. The predicted molar refractivity (Wildman–Crippen MR) is 68.2 cm³/mol. The first-order valence-corrected chi connectivity index (χ1v) is 6.42. The van der Waals surface area contributed by atoms with Crippen molar-refractivity contribution in [2.75, 3.05) is 0 Å². The van der Waals surface area contributed by atoms with Gasteiger partial charge in [-0.3, -0.25) is 0 Å². The Hall–Kier alpha value is -0.570. The van der Waals surface area contributed by atoms with Crippen LogP contribution in [0.3, 0.4) is 0 Å². The molecule has 0 fully saturated rings. The highest BCUT2D eigenvalue weighted by Gasteiger charge is 2.19. The molecule has 0 aliphatic carbocycles. The fourth-order valence-corrected chi connectivity index (χ4v) is 3.14. The van der Waals surface area contributed by atoms with E-state index in [2.05, 4.69) is 0 Å². The number of thiophene rings is 1. The van der Waals surface area contributed by atoms with Crippen LogP contribution in [-0.4, -0.2) is 0 Å². The van der Waals surface area contributed by atoms with Crippen LogP contribution in [0.5, 0.6) is 0 Å². The fourth-order valence-electron chi connectivity index (χ4n) is 1.48. The van der Waals surface area contributed by atoms with E-state index in [0.717, 1.165) is 10.4 Å². The summed E-state index contributed by atoms with van der Waals surface area (Å²) in [7, 11) is 0. The normalized spacial score (nSPS) is 12.8. The summed E-state index contributed by atoms with van der Waals surface area (Å²) < 4.78 is 13.6. The smallest absolute Gasteiger partial charge is 0.128 e. The van der Waals surface area contributed by atoms with E-state index in [-0.39, 0.29) is 5.82 Å². The lowest BCUT2D eigenvalue weighted by Gasteiger charge is -2.10. The summed E-state index contributed by atoms with van der Waals surface area (Å²) in [5, 5.41) is 1.92. The van der Waals surface area contributed by atoms with Crippen molar-refractivity contribution >= 4 is 34.5 Å². The third kappa shape index (κ3) is 2.24. The van der Waals surface area contributed by atoms with Gasteiger partial charge in [-0.1, -0.05) is 29.3 Å². The number of alkyl halides is 1. The molecule has 0 nitrogen and oxygen atoms in total. The van der Waals surface area contributed by atoms with Gasteiger partial charge in [0.05, 0.1) is 10.4 Å². The molecule has 0 bridgehead atoms. The topological polar surface area (TPSA) is 0 Å². The standard InChI is InChI=1S/C12H9Cl2FS/c1-7-2-3-10(15)8(6-7)11(14)12-9(13)4-5-16-12/h2-6,11H,1H3. The first-order chi connectivity index (χ1) is 7.59. The summed E-state index contributed by atoms with van der Waals surface area (Å²) in [5.74, 6) is -0.296. The highest BCUT2D eigenvalue weighted by atomic mass is 35.5. The molecule has 0 radical (unpaired) electrons. The molecule has 1 aromatic heterocycles. The van der Waals surface area contributed by atoms with E-state index < -0.39 is 5.38 Å². The van der Waals surface area contributed by atoms with Gasteiger partial charge in [-0.05, 0) is 24.4 Å². The van der Waals surface area contributed by atoms with Gasteiger partial charge in [0, 0.05) is 10.4 Å². The van der Waals surface area contributed by atoms with Gasteiger partial charge in [0.15, 0.2) is 0 Å². The van der Waals surface area contributed by atoms with Crippen molar-refractivity contribution < 1.29 is 4.39 Å². The maximum atomic E-state index is 13.6. The zero-order chi connectivity index (χ0) is 11.7. The van der Waals surface area contributed by atoms with Crippen LogP contribution in [0.25, 0.3) is 0 Å². The van der Waals surface area contributed by atoms with Gasteiger partial charge in [-0.25, -0.2) is 4.39 Å². The summed E-state index contributed by atoms with van der Waals surface area (Å²) in [6.07, 6.45) is 0. The number of hydrogen-bond acceptors (Lipinski definition) is 1. The number of benzene rings is 1. The molecule has 1 atom stereocenters. The highest BCUT2D eigenvalue weighted by Crippen LogP contribution is 2.38. The second-order valence-corrected chi connectivity index (χ2v) is 5.31. The lowest BCUT2D eigenvalue weighted by molar-refractivity contribution is 0.612. The lowest BCUT2D eigenvalue weighted by Crippen LogP contribution is -1.96. The Balaban J connectivity index is 2.45. The molecule has 0 spiro atoms. The number of hydrogen-bond donors (Lipinski definition) is 0. The summed E-state index contributed by atoms with van der Waals surface area (Å²) in [6.45, 7) is 1.91. The number of rotatable bonds is 2. The Kier molecular flexibility index (Phi) is 3.53. The maximum Gasteiger partial charge on any atom is 0.128 e. The van der Waals surface area contributed by atoms with Gasteiger partial charge in [0.25, 0.3) is 0 Å². The van der Waals surface area contributed by atoms with E-state index in [1.54, 1.807) is 18.2 Å². The number of aryl methyl sites for hydroxylation is 1. The van der Waals surface area contributed by atoms with Crippen molar-refractivity contribution in [1.82, 2.24) is 0 Å². The van der Waals surface area contributed by atoms with Gasteiger partial charge in [0.2, 0.25) is 0 Å².